The van der Waals surface area contributed by atoms with E-state index in [1.165, 1.54) is 5.56 Å². The van der Waals surface area contributed by atoms with Crippen LogP contribution >= 0.6 is 0 Å². The summed E-state index contributed by atoms with van der Waals surface area (Å²) in [7, 11) is 0. The van der Waals surface area contributed by atoms with Gasteiger partial charge in [-0.25, -0.2) is 0 Å². The zero-order chi connectivity index (χ0) is 13.9. The fourth-order valence-corrected chi connectivity index (χ4v) is 2.49. The van der Waals surface area contributed by atoms with Crippen molar-refractivity contribution >= 4 is 5.91 Å². The Morgan fingerprint density at radius 2 is 1.95 bits per heavy atom. The Kier molecular flexibility index (Phi) is 4.25. The fraction of sp³-hybridized carbons (Fsp3) is 0.562. The molecule has 3 heteroatoms. The number of carbonyl (C=O) groups is 1. The van der Waals surface area contributed by atoms with Crippen molar-refractivity contribution in [3.63, 3.8) is 0 Å². The van der Waals surface area contributed by atoms with Gasteiger partial charge in [0.05, 0.1) is 0 Å². The predicted octanol–water partition coefficient (Wildman–Crippen LogP) is 2.29. The van der Waals surface area contributed by atoms with Crippen LogP contribution in [0.5, 0.6) is 0 Å². The van der Waals surface area contributed by atoms with Crippen molar-refractivity contribution in [1.82, 2.24) is 10.6 Å². The first kappa shape index (κ1) is 14.1. The van der Waals surface area contributed by atoms with Crippen molar-refractivity contribution in [2.24, 2.45) is 5.41 Å². The molecule has 0 bridgehead atoms. The molecule has 2 unspecified atom stereocenters. The first-order valence-electron chi connectivity index (χ1n) is 7.05. The average Bonchev–Trinajstić information content (AvgIpc) is 2.39. The van der Waals surface area contributed by atoms with Crippen LogP contribution in [0.4, 0.5) is 0 Å². The number of benzene rings is 1. The fourth-order valence-electron chi connectivity index (χ4n) is 2.49. The van der Waals surface area contributed by atoms with Gasteiger partial charge in [-0.3, -0.25) is 4.79 Å². The van der Waals surface area contributed by atoms with Gasteiger partial charge >= 0.3 is 0 Å². The maximum absolute atomic E-state index is 12.2. The van der Waals surface area contributed by atoms with Gasteiger partial charge in [-0.2, -0.15) is 0 Å². The van der Waals surface area contributed by atoms with Crippen LogP contribution in [0.3, 0.4) is 0 Å². The number of nitrogens with one attached hydrogen (secondary N) is 2. The molecule has 1 aliphatic rings. The minimum atomic E-state index is -0.335. The summed E-state index contributed by atoms with van der Waals surface area (Å²) in [6, 6.07) is 10.7. The van der Waals surface area contributed by atoms with Crippen LogP contribution in [0.15, 0.2) is 30.3 Å². The van der Waals surface area contributed by atoms with Crippen LogP contribution < -0.4 is 10.6 Å². The van der Waals surface area contributed by atoms with Gasteiger partial charge in [0.1, 0.15) is 0 Å². The normalized spacial score (nSPS) is 23.9. The number of amides is 1. The largest absolute Gasteiger partial charge is 0.351 e. The van der Waals surface area contributed by atoms with Crippen molar-refractivity contribution in [2.45, 2.75) is 39.2 Å². The maximum Gasteiger partial charge on any atom is 0.225 e. The third kappa shape index (κ3) is 3.57. The Morgan fingerprint density at radius 1 is 1.26 bits per heavy atom. The molecule has 2 N–H and O–H groups in total. The van der Waals surface area contributed by atoms with Crippen molar-refractivity contribution in [2.75, 3.05) is 13.1 Å². The molecule has 1 aromatic carbocycles. The topological polar surface area (TPSA) is 41.1 Å². The zero-order valence-corrected chi connectivity index (χ0v) is 12.1. The van der Waals surface area contributed by atoms with Gasteiger partial charge in [0.2, 0.25) is 5.91 Å². The highest BCUT2D eigenvalue weighted by Crippen LogP contribution is 2.26. The van der Waals surface area contributed by atoms with E-state index < -0.39 is 0 Å². The number of piperidine rings is 1. The molecule has 104 valence electrons. The Hall–Kier alpha value is -1.35. The van der Waals surface area contributed by atoms with Crippen LogP contribution in [0, 0.1) is 5.41 Å². The molecule has 2 atom stereocenters. The molecular formula is C16H24N2O. The monoisotopic (exact) mass is 260 g/mol. The summed E-state index contributed by atoms with van der Waals surface area (Å²) in [5.41, 5.74) is 0.988. The zero-order valence-electron chi connectivity index (χ0n) is 12.1. The van der Waals surface area contributed by atoms with E-state index in [0.29, 0.717) is 5.92 Å². The molecule has 19 heavy (non-hydrogen) atoms. The molecule has 0 aromatic heterocycles. The molecule has 1 heterocycles. The van der Waals surface area contributed by atoms with Gasteiger partial charge in [0.25, 0.3) is 0 Å². The second-order valence-corrected chi connectivity index (χ2v) is 6.34. The Labute approximate surface area is 115 Å². The van der Waals surface area contributed by atoms with Crippen molar-refractivity contribution in [3.8, 4) is 0 Å². The number of hydrogen-bond acceptors (Lipinski definition) is 2. The minimum absolute atomic E-state index is 0.127. The van der Waals surface area contributed by atoms with E-state index in [-0.39, 0.29) is 17.4 Å². The van der Waals surface area contributed by atoms with Gasteiger partial charge in [-0.05, 0) is 18.5 Å². The molecule has 1 fully saturated rings. The Balaban J connectivity index is 2.11. The summed E-state index contributed by atoms with van der Waals surface area (Å²) in [4.78, 5) is 12.2. The van der Waals surface area contributed by atoms with E-state index in [2.05, 4.69) is 34.9 Å². The number of carbonyl (C=O) groups excluding carboxylic acids is 1. The van der Waals surface area contributed by atoms with Gasteiger partial charge in [-0.15, -0.1) is 0 Å². The Morgan fingerprint density at radius 3 is 2.58 bits per heavy atom. The molecule has 1 amide bonds. The highest BCUT2D eigenvalue weighted by molar-refractivity contribution is 5.81. The van der Waals surface area contributed by atoms with Crippen LogP contribution in [0.25, 0.3) is 0 Å². The molecule has 0 aliphatic carbocycles. The molecule has 0 radical (unpaired) electrons. The number of hydrogen-bond donors (Lipinski definition) is 2. The minimum Gasteiger partial charge on any atom is -0.351 e. The van der Waals surface area contributed by atoms with Crippen molar-refractivity contribution in [1.29, 1.82) is 0 Å². The van der Waals surface area contributed by atoms with Crippen molar-refractivity contribution in [3.05, 3.63) is 35.9 Å². The third-order valence-electron chi connectivity index (χ3n) is 3.71. The molecule has 0 saturated carbocycles. The molecule has 3 nitrogen and oxygen atoms in total. The van der Waals surface area contributed by atoms with E-state index in [9.17, 15) is 4.79 Å². The first-order valence-corrected chi connectivity index (χ1v) is 7.05. The first-order chi connectivity index (χ1) is 8.98. The van der Waals surface area contributed by atoms with Crippen LogP contribution in [0.1, 0.15) is 38.7 Å². The van der Waals surface area contributed by atoms with Gasteiger partial charge in [0.15, 0.2) is 0 Å². The predicted molar refractivity (Wildman–Crippen MR) is 78.1 cm³/mol. The maximum atomic E-state index is 12.2. The van der Waals surface area contributed by atoms with Gasteiger partial charge in [0, 0.05) is 23.9 Å². The second kappa shape index (κ2) is 5.74. The van der Waals surface area contributed by atoms with Crippen molar-refractivity contribution < 1.29 is 4.79 Å². The standard InChI is InChI=1S/C16H24N2O/c1-16(2,3)15(19)18-14-11-17-10-9-13(14)12-7-5-4-6-8-12/h4-8,13-14,17H,9-11H2,1-3H3,(H,18,19). The lowest BCUT2D eigenvalue weighted by Crippen LogP contribution is -2.52. The number of rotatable bonds is 2. The lowest BCUT2D eigenvalue weighted by atomic mass is 9.85. The molecule has 2 rings (SSSR count). The molecule has 1 saturated heterocycles. The summed E-state index contributed by atoms with van der Waals surface area (Å²) in [6.07, 6.45) is 1.07. The second-order valence-electron chi connectivity index (χ2n) is 6.34. The van der Waals surface area contributed by atoms with E-state index in [1.807, 2.05) is 26.8 Å². The van der Waals surface area contributed by atoms with E-state index in [1.54, 1.807) is 0 Å². The van der Waals surface area contributed by atoms with Crippen LogP contribution in [-0.4, -0.2) is 25.0 Å². The SMILES string of the molecule is CC(C)(C)C(=O)NC1CNCCC1c1ccccc1. The smallest absolute Gasteiger partial charge is 0.225 e. The highest BCUT2D eigenvalue weighted by atomic mass is 16.2. The van der Waals surface area contributed by atoms with Gasteiger partial charge < -0.3 is 10.6 Å². The lowest BCUT2D eigenvalue weighted by Gasteiger charge is -2.35. The summed E-state index contributed by atoms with van der Waals surface area (Å²) in [5, 5.41) is 6.58. The van der Waals surface area contributed by atoms with Gasteiger partial charge in [-0.1, -0.05) is 51.1 Å². The van der Waals surface area contributed by atoms with Crippen LogP contribution in [0.2, 0.25) is 0 Å². The van der Waals surface area contributed by atoms with Crippen LogP contribution in [-0.2, 0) is 4.79 Å². The quantitative estimate of drug-likeness (QED) is 0.856. The Bertz CT molecular complexity index is 422. The lowest BCUT2D eigenvalue weighted by molar-refractivity contribution is -0.129. The summed E-state index contributed by atoms with van der Waals surface area (Å²) >= 11 is 0. The van der Waals surface area contributed by atoms with E-state index in [0.717, 1.165) is 19.5 Å². The molecule has 0 spiro atoms. The molecular weight excluding hydrogens is 236 g/mol. The highest BCUT2D eigenvalue weighted by Gasteiger charge is 2.30. The summed E-state index contributed by atoms with van der Waals surface area (Å²) in [5.74, 6) is 0.538. The molecule has 1 aliphatic heterocycles. The summed E-state index contributed by atoms with van der Waals surface area (Å²) in [6.45, 7) is 7.73. The third-order valence-corrected chi connectivity index (χ3v) is 3.71. The molecule has 1 aromatic rings. The summed E-state index contributed by atoms with van der Waals surface area (Å²) < 4.78 is 0. The van der Waals surface area contributed by atoms with E-state index in [4.69, 9.17) is 0 Å². The van der Waals surface area contributed by atoms with E-state index >= 15 is 0 Å². The average molecular weight is 260 g/mol.